The minimum absolute atomic E-state index is 0.430. The van der Waals surface area contributed by atoms with Gasteiger partial charge in [-0.1, -0.05) is 13.8 Å². The molecule has 0 bridgehead atoms. The van der Waals surface area contributed by atoms with Crippen LogP contribution in [0.1, 0.15) is 40.0 Å². The highest BCUT2D eigenvalue weighted by Crippen LogP contribution is 2.29. The van der Waals surface area contributed by atoms with E-state index in [1.807, 2.05) is 0 Å². The Bertz CT molecular complexity index is 279. The van der Waals surface area contributed by atoms with Crippen molar-refractivity contribution in [3.63, 3.8) is 0 Å². The van der Waals surface area contributed by atoms with Crippen molar-refractivity contribution in [1.82, 2.24) is 10.2 Å². The molecule has 1 saturated heterocycles. The van der Waals surface area contributed by atoms with Gasteiger partial charge in [0.05, 0.1) is 0 Å². The van der Waals surface area contributed by atoms with Crippen LogP contribution < -0.4 is 5.32 Å². The number of likely N-dealkylation sites (N-methyl/N-ethyl adjacent to an activating group) is 1. The van der Waals surface area contributed by atoms with Crippen molar-refractivity contribution in [1.29, 1.82) is 0 Å². The molecular formula is C13H26N2O2. The summed E-state index contributed by atoms with van der Waals surface area (Å²) in [7, 11) is 1.72. The quantitative estimate of drug-likeness (QED) is 0.742. The summed E-state index contributed by atoms with van der Waals surface area (Å²) in [5.41, 5.74) is -0.353. The van der Waals surface area contributed by atoms with Gasteiger partial charge in [-0.05, 0) is 51.7 Å². The molecule has 0 aromatic rings. The molecule has 2 N–H and O–H groups in total. The number of hydrogen-bond donors (Lipinski definition) is 2. The molecule has 1 atom stereocenters. The van der Waals surface area contributed by atoms with Crippen LogP contribution in [0.25, 0.3) is 0 Å². The fourth-order valence-corrected chi connectivity index (χ4v) is 2.41. The van der Waals surface area contributed by atoms with Gasteiger partial charge in [0.1, 0.15) is 5.54 Å². The first-order valence-corrected chi connectivity index (χ1v) is 6.44. The van der Waals surface area contributed by atoms with Crippen LogP contribution in [0.3, 0.4) is 0 Å². The predicted octanol–water partition coefficient (Wildman–Crippen LogP) is 1.56. The molecule has 4 heteroatoms. The third-order valence-corrected chi connectivity index (χ3v) is 3.93. The molecule has 1 aliphatic heterocycles. The first-order valence-electron chi connectivity index (χ1n) is 6.44. The Morgan fingerprint density at radius 1 is 1.53 bits per heavy atom. The largest absolute Gasteiger partial charge is 0.480 e. The predicted molar refractivity (Wildman–Crippen MR) is 69.2 cm³/mol. The highest BCUT2D eigenvalue weighted by molar-refractivity contribution is 5.78. The maximum absolute atomic E-state index is 11.1. The Labute approximate surface area is 104 Å². The van der Waals surface area contributed by atoms with Crippen LogP contribution >= 0.6 is 0 Å². The zero-order valence-corrected chi connectivity index (χ0v) is 11.5. The van der Waals surface area contributed by atoms with E-state index in [2.05, 4.69) is 24.1 Å². The number of aliphatic carboxylic acids is 1. The topological polar surface area (TPSA) is 52.6 Å². The summed E-state index contributed by atoms with van der Waals surface area (Å²) in [6.45, 7) is 9.63. The minimum atomic E-state index is -0.782. The van der Waals surface area contributed by atoms with E-state index in [9.17, 15) is 4.79 Å². The second kappa shape index (κ2) is 5.36. The molecule has 17 heavy (non-hydrogen) atoms. The number of carboxylic acids is 1. The van der Waals surface area contributed by atoms with E-state index in [0.29, 0.717) is 11.8 Å². The van der Waals surface area contributed by atoms with Gasteiger partial charge in [-0.25, -0.2) is 0 Å². The molecule has 0 spiro atoms. The minimum Gasteiger partial charge on any atom is -0.480 e. The van der Waals surface area contributed by atoms with E-state index in [-0.39, 0.29) is 0 Å². The van der Waals surface area contributed by atoms with Gasteiger partial charge >= 0.3 is 5.97 Å². The Balaban J connectivity index is 2.31. The molecule has 0 radical (unpaired) electrons. The standard InChI is InChI=1S/C13H26N2O2/c1-12(2)7-9-15(10-12)8-5-6-13(3,14-4)11(16)17/h14H,5-10H2,1-4H3,(H,16,17). The third kappa shape index (κ3) is 3.96. The van der Waals surface area contributed by atoms with Gasteiger partial charge in [-0.2, -0.15) is 0 Å². The monoisotopic (exact) mass is 242 g/mol. The first-order chi connectivity index (χ1) is 7.79. The molecule has 0 amide bonds. The molecule has 0 aromatic carbocycles. The van der Waals surface area contributed by atoms with Crippen molar-refractivity contribution in [3.05, 3.63) is 0 Å². The maximum Gasteiger partial charge on any atom is 0.323 e. The smallest absolute Gasteiger partial charge is 0.323 e. The van der Waals surface area contributed by atoms with Crippen LogP contribution in [0.4, 0.5) is 0 Å². The van der Waals surface area contributed by atoms with E-state index in [1.54, 1.807) is 14.0 Å². The number of nitrogens with one attached hydrogen (secondary N) is 1. The fraction of sp³-hybridized carbons (Fsp3) is 0.923. The molecule has 1 fully saturated rings. The third-order valence-electron chi connectivity index (χ3n) is 3.93. The van der Waals surface area contributed by atoms with Gasteiger partial charge in [0, 0.05) is 6.54 Å². The maximum atomic E-state index is 11.1. The average molecular weight is 242 g/mol. The van der Waals surface area contributed by atoms with E-state index < -0.39 is 11.5 Å². The average Bonchev–Trinajstić information content (AvgIpc) is 2.57. The Kier molecular flexibility index (Phi) is 4.55. The zero-order chi connectivity index (χ0) is 13.1. The lowest BCUT2D eigenvalue weighted by Crippen LogP contribution is -2.47. The van der Waals surface area contributed by atoms with Crippen molar-refractivity contribution in [2.75, 3.05) is 26.7 Å². The lowest BCUT2D eigenvalue weighted by molar-refractivity contribution is -0.144. The van der Waals surface area contributed by atoms with E-state index in [1.165, 1.54) is 6.42 Å². The van der Waals surface area contributed by atoms with Crippen molar-refractivity contribution < 1.29 is 9.90 Å². The van der Waals surface area contributed by atoms with E-state index in [4.69, 9.17) is 5.11 Å². The Morgan fingerprint density at radius 2 is 2.18 bits per heavy atom. The summed E-state index contributed by atoms with van der Waals surface area (Å²) in [6.07, 6.45) is 2.85. The van der Waals surface area contributed by atoms with E-state index >= 15 is 0 Å². The Hall–Kier alpha value is -0.610. The van der Waals surface area contributed by atoms with Crippen LogP contribution in [-0.4, -0.2) is 48.2 Å². The molecule has 4 nitrogen and oxygen atoms in total. The molecule has 1 heterocycles. The number of likely N-dealkylation sites (tertiary alicyclic amines) is 1. The number of rotatable bonds is 6. The summed E-state index contributed by atoms with van der Waals surface area (Å²) in [4.78, 5) is 13.5. The highest BCUT2D eigenvalue weighted by atomic mass is 16.4. The molecular weight excluding hydrogens is 216 g/mol. The number of carboxylic acid groups (broad SMARTS) is 1. The van der Waals surface area contributed by atoms with Crippen molar-refractivity contribution in [3.8, 4) is 0 Å². The summed E-state index contributed by atoms with van der Waals surface area (Å²) in [5, 5.41) is 12.0. The van der Waals surface area contributed by atoms with Crippen LogP contribution in [0.5, 0.6) is 0 Å². The lowest BCUT2D eigenvalue weighted by Gasteiger charge is -2.25. The summed E-state index contributed by atoms with van der Waals surface area (Å²) < 4.78 is 0. The molecule has 1 rings (SSSR count). The van der Waals surface area contributed by atoms with Crippen molar-refractivity contribution in [2.24, 2.45) is 5.41 Å². The molecule has 1 unspecified atom stereocenters. The second-order valence-electron chi connectivity index (χ2n) is 6.18. The number of nitrogens with zero attached hydrogens (tertiary/aromatic N) is 1. The first kappa shape index (κ1) is 14.5. The number of hydrogen-bond acceptors (Lipinski definition) is 3. The molecule has 0 saturated carbocycles. The van der Waals surface area contributed by atoms with Crippen LogP contribution in [0.15, 0.2) is 0 Å². The van der Waals surface area contributed by atoms with Crippen LogP contribution in [0, 0.1) is 5.41 Å². The van der Waals surface area contributed by atoms with E-state index in [0.717, 1.165) is 26.1 Å². The normalized spacial score (nSPS) is 23.5. The van der Waals surface area contributed by atoms with Crippen LogP contribution in [-0.2, 0) is 4.79 Å². The SMILES string of the molecule is CNC(C)(CCCN1CCC(C)(C)C1)C(=O)O. The fourth-order valence-electron chi connectivity index (χ4n) is 2.41. The zero-order valence-electron chi connectivity index (χ0n) is 11.5. The molecule has 1 aliphatic rings. The van der Waals surface area contributed by atoms with Gasteiger partial charge < -0.3 is 15.3 Å². The summed E-state index contributed by atoms with van der Waals surface area (Å²) in [6, 6.07) is 0. The second-order valence-corrected chi connectivity index (χ2v) is 6.18. The van der Waals surface area contributed by atoms with Crippen molar-refractivity contribution >= 4 is 5.97 Å². The van der Waals surface area contributed by atoms with Gasteiger partial charge in [-0.15, -0.1) is 0 Å². The summed E-state index contributed by atoms with van der Waals surface area (Å²) >= 11 is 0. The van der Waals surface area contributed by atoms with Crippen molar-refractivity contribution in [2.45, 2.75) is 45.6 Å². The van der Waals surface area contributed by atoms with Crippen LogP contribution in [0.2, 0.25) is 0 Å². The molecule has 0 aromatic heterocycles. The molecule has 0 aliphatic carbocycles. The molecule has 100 valence electrons. The summed E-state index contributed by atoms with van der Waals surface area (Å²) in [5.74, 6) is -0.762. The van der Waals surface area contributed by atoms with Gasteiger partial charge in [0.25, 0.3) is 0 Å². The Morgan fingerprint density at radius 3 is 2.59 bits per heavy atom. The van der Waals surface area contributed by atoms with Gasteiger partial charge in [0.2, 0.25) is 0 Å². The number of carbonyl (C=O) groups is 1. The van der Waals surface area contributed by atoms with Gasteiger partial charge in [0.15, 0.2) is 0 Å². The van der Waals surface area contributed by atoms with Gasteiger partial charge in [-0.3, -0.25) is 4.79 Å². The lowest BCUT2D eigenvalue weighted by atomic mass is 9.93. The highest BCUT2D eigenvalue weighted by Gasteiger charge is 2.32.